The molecule has 1 aliphatic rings. The van der Waals surface area contributed by atoms with E-state index in [1.54, 1.807) is 7.11 Å². The molecule has 0 heterocycles. The first kappa shape index (κ1) is 13.7. The van der Waals surface area contributed by atoms with E-state index in [1.807, 2.05) is 31.3 Å². The lowest BCUT2D eigenvalue weighted by molar-refractivity contribution is -0.157. The van der Waals surface area contributed by atoms with Gasteiger partial charge in [0.15, 0.2) is 0 Å². The minimum absolute atomic E-state index is 0.0894. The summed E-state index contributed by atoms with van der Waals surface area (Å²) in [4.78, 5) is 14.0. The summed E-state index contributed by atoms with van der Waals surface area (Å²) in [5.41, 5.74) is 0.724. The highest BCUT2D eigenvalue weighted by Crippen LogP contribution is 2.43. The van der Waals surface area contributed by atoms with Gasteiger partial charge in [-0.2, -0.15) is 0 Å². The van der Waals surface area contributed by atoms with E-state index in [-0.39, 0.29) is 11.4 Å². The van der Waals surface area contributed by atoms with Crippen LogP contribution < -0.4 is 9.64 Å². The SMILES string of the molecule is COC(=O)C1(CN(C)c2cccc(OC)c2)CCC1. The predicted octanol–water partition coefficient (Wildman–Crippen LogP) is 2.47. The van der Waals surface area contributed by atoms with E-state index in [2.05, 4.69) is 4.90 Å². The Morgan fingerprint density at radius 2 is 2.11 bits per heavy atom. The van der Waals surface area contributed by atoms with Crippen LogP contribution >= 0.6 is 0 Å². The van der Waals surface area contributed by atoms with Gasteiger partial charge in [0, 0.05) is 25.3 Å². The highest BCUT2D eigenvalue weighted by atomic mass is 16.5. The molecule has 0 unspecified atom stereocenters. The third-order valence-electron chi connectivity index (χ3n) is 3.96. The minimum atomic E-state index is -0.327. The van der Waals surface area contributed by atoms with Crippen LogP contribution in [-0.4, -0.2) is 33.8 Å². The standard InChI is InChI=1S/C15H21NO3/c1-16(12-6-4-7-13(10-12)18-2)11-15(8-5-9-15)14(17)19-3/h4,6-7,10H,5,8-9,11H2,1-3H3. The Bertz CT molecular complexity index is 454. The molecule has 0 atom stereocenters. The zero-order chi connectivity index (χ0) is 13.9. The van der Waals surface area contributed by atoms with Crippen molar-refractivity contribution in [2.75, 3.05) is 32.7 Å². The molecule has 19 heavy (non-hydrogen) atoms. The van der Waals surface area contributed by atoms with Gasteiger partial charge in [0.1, 0.15) is 5.75 Å². The molecule has 104 valence electrons. The van der Waals surface area contributed by atoms with Crippen LogP contribution in [0.4, 0.5) is 5.69 Å². The fourth-order valence-corrected chi connectivity index (χ4v) is 2.64. The van der Waals surface area contributed by atoms with E-state index in [0.717, 1.165) is 30.7 Å². The molecule has 0 aliphatic heterocycles. The summed E-state index contributed by atoms with van der Waals surface area (Å²) in [5.74, 6) is 0.735. The molecule has 4 nitrogen and oxygen atoms in total. The van der Waals surface area contributed by atoms with Gasteiger partial charge in [-0.25, -0.2) is 0 Å². The fraction of sp³-hybridized carbons (Fsp3) is 0.533. The molecule has 4 heteroatoms. The van der Waals surface area contributed by atoms with E-state index >= 15 is 0 Å². The maximum absolute atomic E-state index is 11.9. The largest absolute Gasteiger partial charge is 0.497 e. The zero-order valence-corrected chi connectivity index (χ0v) is 11.8. The molecule has 1 saturated carbocycles. The van der Waals surface area contributed by atoms with Crippen LogP contribution in [-0.2, 0) is 9.53 Å². The van der Waals surface area contributed by atoms with Crippen molar-refractivity contribution in [2.45, 2.75) is 19.3 Å². The molecule has 1 aromatic carbocycles. The van der Waals surface area contributed by atoms with Crippen LogP contribution in [0.3, 0.4) is 0 Å². The molecule has 1 aliphatic carbocycles. The summed E-state index contributed by atoms with van der Waals surface area (Å²) in [6.45, 7) is 0.687. The minimum Gasteiger partial charge on any atom is -0.497 e. The number of hydrogen-bond acceptors (Lipinski definition) is 4. The van der Waals surface area contributed by atoms with Gasteiger partial charge in [-0.15, -0.1) is 0 Å². The van der Waals surface area contributed by atoms with Crippen molar-refractivity contribution in [3.8, 4) is 5.75 Å². The molecule has 1 fully saturated rings. The Kier molecular flexibility index (Phi) is 3.98. The van der Waals surface area contributed by atoms with Crippen molar-refractivity contribution in [1.29, 1.82) is 0 Å². The Balaban J connectivity index is 2.11. The van der Waals surface area contributed by atoms with Crippen LogP contribution in [0.25, 0.3) is 0 Å². The predicted molar refractivity (Wildman–Crippen MR) is 74.6 cm³/mol. The third kappa shape index (κ3) is 2.67. The molecule has 0 spiro atoms. The molecule has 0 aromatic heterocycles. The van der Waals surface area contributed by atoms with Crippen molar-refractivity contribution < 1.29 is 14.3 Å². The van der Waals surface area contributed by atoms with Crippen LogP contribution in [0, 0.1) is 5.41 Å². The lowest BCUT2D eigenvalue weighted by Crippen LogP contribution is -2.47. The lowest BCUT2D eigenvalue weighted by Gasteiger charge is -2.42. The summed E-state index contributed by atoms with van der Waals surface area (Å²) in [6, 6.07) is 7.86. The number of anilines is 1. The fourth-order valence-electron chi connectivity index (χ4n) is 2.64. The van der Waals surface area contributed by atoms with Crippen molar-refractivity contribution in [3.63, 3.8) is 0 Å². The molecule has 2 rings (SSSR count). The van der Waals surface area contributed by atoms with Crippen molar-refractivity contribution in [1.82, 2.24) is 0 Å². The Morgan fingerprint density at radius 3 is 2.63 bits per heavy atom. The maximum Gasteiger partial charge on any atom is 0.313 e. The molecule has 0 radical (unpaired) electrons. The van der Waals surface area contributed by atoms with Gasteiger partial charge in [-0.1, -0.05) is 12.5 Å². The van der Waals surface area contributed by atoms with Crippen LogP contribution in [0.2, 0.25) is 0 Å². The molecule has 0 N–H and O–H groups in total. The number of esters is 1. The highest BCUT2D eigenvalue weighted by molar-refractivity contribution is 5.78. The lowest BCUT2D eigenvalue weighted by atomic mass is 9.68. The van der Waals surface area contributed by atoms with Crippen molar-refractivity contribution in [3.05, 3.63) is 24.3 Å². The molecular formula is C15H21NO3. The molecule has 0 saturated heterocycles. The van der Waals surface area contributed by atoms with Gasteiger partial charge in [0.2, 0.25) is 0 Å². The first-order valence-electron chi connectivity index (χ1n) is 6.55. The average molecular weight is 263 g/mol. The Hall–Kier alpha value is -1.71. The van der Waals surface area contributed by atoms with Crippen molar-refractivity contribution >= 4 is 11.7 Å². The highest BCUT2D eigenvalue weighted by Gasteiger charge is 2.46. The number of carbonyl (C=O) groups is 1. The first-order chi connectivity index (χ1) is 9.11. The quantitative estimate of drug-likeness (QED) is 0.765. The van der Waals surface area contributed by atoms with Gasteiger partial charge in [0.25, 0.3) is 0 Å². The zero-order valence-electron chi connectivity index (χ0n) is 11.8. The second-order valence-corrected chi connectivity index (χ2v) is 5.18. The molecule has 1 aromatic rings. The second-order valence-electron chi connectivity index (χ2n) is 5.18. The number of ether oxygens (including phenoxy) is 2. The van der Waals surface area contributed by atoms with E-state index in [1.165, 1.54) is 7.11 Å². The first-order valence-corrected chi connectivity index (χ1v) is 6.55. The normalized spacial score (nSPS) is 16.4. The number of hydrogen-bond donors (Lipinski definition) is 0. The topological polar surface area (TPSA) is 38.8 Å². The Morgan fingerprint density at radius 1 is 1.37 bits per heavy atom. The molecular weight excluding hydrogens is 242 g/mol. The van der Waals surface area contributed by atoms with Gasteiger partial charge in [-0.3, -0.25) is 4.79 Å². The van der Waals surface area contributed by atoms with E-state index in [4.69, 9.17) is 9.47 Å². The smallest absolute Gasteiger partial charge is 0.313 e. The van der Waals surface area contributed by atoms with E-state index in [0.29, 0.717) is 6.54 Å². The van der Waals surface area contributed by atoms with E-state index in [9.17, 15) is 4.79 Å². The molecule has 0 bridgehead atoms. The Labute approximate surface area is 114 Å². The number of nitrogens with zero attached hydrogens (tertiary/aromatic N) is 1. The van der Waals surface area contributed by atoms with E-state index < -0.39 is 0 Å². The van der Waals surface area contributed by atoms with Gasteiger partial charge >= 0.3 is 5.97 Å². The summed E-state index contributed by atoms with van der Waals surface area (Å²) in [5, 5.41) is 0. The number of rotatable bonds is 5. The maximum atomic E-state index is 11.9. The average Bonchev–Trinajstić information content (AvgIpc) is 2.41. The van der Waals surface area contributed by atoms with Crippen LogP contribution in [0.1, 0.15) is 19.3 Å². The monoisotopic (exact) mass is 263 g/mol. The summed E-state index contributed by atoms with van der Waals surface area (Å²) in [6.07, 6.45) is 2.92. The van der Waals surface area contributed by atoms with Gasteiger partial charge < -0.3 is 14.4 Å². The number of benzene rings is 1. The summed E-state index contributed by atoms with van der Waals surface area (Å²) >= 11 is 0. The summed E-state index contributed by atoms with van der Waals surface area (Å²) in [7, 11) is 5.12. The van der Waals surface area contributed by atoms with Crippen LogP contribution in [0.15, 0.2) is 24.3 Å². The number of carbonyl (C=O) groups excluding carboxylic acids is 1. The number of methoxy groups -OCH3 is 2. The third-order valence-corrected chi connectivity index (χ3v) is 3.96. The van der Waals surface area contributed by atoms with Gasteiger partial charge in [0.05, 0.1) is 19.6 Å². The van der Waals surface area contributed by atoms with Gasteiger partial charge in [-0.05, 0) is 25.0 Å². The summed E-state index contributed by atoms with van der Waals surface area (Å²) < 4.78 is 10.2. The van der Waals surface area contributed by atoms with Crippen LogP contribution in [0.5, 0.6) is 5.75 Å². The second kappa shape index (κ2) is 5.51. The van der Waals surface area contributed by atoms with Crippen molar-refractivity contribution in [2.24, 2.45) is 5.41 Å². The molecule has 0 amide bonds.